The lowest BCUT2D eigenvalue weighted by Gasteiger charge is -2.34. The van der Waals surface area contributed by atoms with Gasteiger partial charge in [-0.1, -0.05) is 19.1 Å². The molecule has 1 aliphatic heterocycles. The van der Waals surface area contributed by atoms with Gasteiger partial charge >= 0.3 is 5.97 Å². The largest absolute Gasteiger partial charge is 0.465 e. The van der Waals surface area contributed by atoms with Gasteiger partial charge in [-0.2, -0.15) is 0 Å². The van der Waals surface area contributed by atoms with Crippen LogP contribution in [0.5, 0.6) is 0 Å². The van der Waals surface area contributed by atoms with Crippen LogP contribution in [0.25, 0.3) is 0 Å². The average molecular weight is 377 g/mol. The second kappa shape index (κ2) is 7.07. The first kappa shape index (κ1) is 18.4. The Balaban J connectivity index is 2.14. The van der Waals surface area contributed by atoms with E-state index in [0.29, 0.717) is 5.69 Å². The molecule has 2 aromatic carbocycles. The summed E-state index contributed by atoms with van der Waals surface area (Å²) in [7, 11) is -3.96. The number of carbonyl (C=O) groups excluding carboxylic acids is 1. The number of benzene rings is 2. The number of halogens is 1. The molecule has 0 bridgehead atoms. The van der Waals surface area contributed by atoms with E-state index in [4.69, 9.17) is 4.74 Å². The lowest BCUT2D eigenvalue weighted by Crippen LogP contribution is -2.45. The Labute approximate surface area is 152 Å². The molecule has 0 saturated heterocycles. The zero-order valence-electron chi connectivity index (χ0n) is 14.6. The number of hydrogen-bond donors (Lipinski definition) is 0. The van der Waals surface area contributed by atoms with Crippen LogP contribution in [0.15, 0.2) is 47.4 Å². The van der Waals surface area contributed by atoms with Gasteiger partial charge in [-0.05, 0) is 49.2 Å². The highest BCUT2D eigenvalue weighted by Crippen LogP contribution is 2.39. The summed E-state index contributed by atoms with van der Waals surface area (Å²) in [6.45, 7) is 3.62. The normalized spacial score (nSPS) is 18.3. The highest BCUT2D eigenvalue weighted by molar-refractivity contribution is 7.93. The van der Waals surface area contributed by atoms with Gasteiger partial charge in [0, 0.05) is 5.69 Å². The van der Waals surface area contributed by atoms with E-state index in [1.807, 2.05) is 31.2 Å². The highest BCUT2D eigenvalue weighted by Gasteiger charge is 2.43. The standard InChI is InChI=1S/C19H20FNO4S/c1-3-13-5-8-15(9-6-13)21-12-18(19(22)25-4-2)26(23,24)17-10-7-14(20)11-16(17)21/h5-11,18H,3-4,12H2,1-2H3/t18-/m0/s1. The van der Waals surface area contributed by atoms with Crippen molar-refractivity contribution in [2.75, 3.05) is 18.1 Å². The van der Waals surface area contributed by atoms with E-state index >= 15 is 0 Å². The lowest BCUT2D eigenvalue weighted by molar-refractivity contribution is -0.142. The summed E-state index contributed by atoms with van der Waals surface area (Å²) >= 11 is 0. The molecule has 1 heterocycles. The van der Waals surface area contributed by atoms with E-state index in [1.54, 1.807) is 11.8 Å². The summed E-state index contributed by atoms with van der Waals surface area (Å²) in [5.41, 5.74) is 2.05. The number of rotatable bonds is 4. The predicted molar refractivity (Wildman–Crippen MR) is 96.8 cm³/mol. The SMILES string of the molecule is CCOC(=O)[C@@H]1CN(c2ccc(CC)cc2)c2cc(F)ccc2S1(=O)=O. The number of nitrogens with zero attached hydrogens (tertiary/aromatic N) is 1. The number of aryl methyl sites for hydroxylation is 1. The highest BCUT2D eigenvalue weighted by atomic mass is 32.2. The average Bonchev–Trinajstić information content (AvgIpc) is 2.62. The summed E-state index contributed by atoms with van der Waals surface area (Å²) in [6, 6.07) is 11.0. The van der Waals surface area contributed by atoms with Crippen molar-refractivity contribution in [3.05, 3.63) is 53.8 Å². The quantitative estimate of drug-likeness (QED) is 0.605. The van der Waals surface area contributed by atoms with Crippen LogP contribution in [0.1, 0.15) is 19.4 Å². The van der Waals surface area contributed by atoms with E-state index in [-0.39, 0.29) is 23.7 Å². The van der Waals surface area contributed by atoms with Gasteiger partial charge in [-0.15, -0.1) is 0 Å². The Kier molecular flexibility index (Phi) is 5.00. The smallest absolute Gasteiger partial charge is 0.326 e. The number of hydrogen-bond acceptors (Lipinski definition) is 5. The maximum atomic E-state index is 13.8. The number of esters is 1. The van der Waals surface area contributed by atoms with Crippen LogP contribution >= 0.6 is 0 Å². The zero-order valence-corrected chi connectivity index (χ0v) is 15.4. The van der Waals surface area contributed by atoms with Crippen molar-refractivity contribution in [1.82, 2.24) is 0 Å². The fourth-order valence-corrected chi connectivity index (χ4v) is 4.74. The molecule has 0 aliphatic carbocycles. The fourth-order valence-electron chi connectivity index (χ4n) is 3.05. The minimum atomic E-state index is -3.96. The molecule has 0 amide bonds. The molecule has 5 nitrogen and oxygen atoms in total. The van der Waals surface area contributed by atoms with Crippen molar-refractivity contribution in [3.63, 3.8) is 0 Å². The van der Waals surface area contributed by atoms with Crippen LogP contribution in [-0.2, 0) is 25.8 Å². The first-order valence-corrected chi connectivity index (χ1v) is 9.99. The molecule has 0 saturated carbocycles. The number of carbonyl (C=O) groups is 1. The number of fused-ring (bicyclic) bond motifs is 1. The molecule has 0 N–H and O–H groups in total. The van der Waals surface area contributed by atoms with Gasteiger partial charge in [0.2, 0.25) is 0 Å². The summed E-state index contributed by atoms with van der Waals surface area (Å²) in [6.07, 6.45) is 0.866. The topological polar surface area (TPSA) is 63.7 Å². The van der Waals surface area contributed by atoms with E-state index in [9.17, 15) is 17.6 Å². The summed E-state index contributed by atoms with van der Waals surface area (Å²) in [5.74, 6) is -1.33. The van der Waals surface area contributed by atoms with E-state index in [1.165, 1.54) is 12.1 Å². The van der Waals surface area contributed by atoms with Crippen LogP contribution in [0.3, 0.4) is 0 Å². The summed E-state index contributed by atoms with van der Waals surface area (Å²) in [5, 5.41) is -1.36. The Morgan fingerprint density at radius 3 is 2.50 bits per heavy atom. The van der Waals surface area contributed by atoms with Crippen molar-refractivity contribution >= 4 is 27.2 Å². The van der Waals surface area contributed by atoms with Crippen molar-refractivity contribution in [2.24, 2.45) is 0 Å². The van der Waals surface area contributed by atoms with Crippen LogP contribution in [0.4, 0.5) is 15.8 Å². The van der Waals surface area contributed by atoms with Gasteiger partial charge in [-0.25, -0.2) is 12.8 Å². The Morgan fingerprint density at radius 1 is 1.19 bits per heavy atom. The maximum Gasteiger partial charge on any atom is 0.326 e. The van der Waals surface area contributed by atoms with Crippen LogP contribution in [0.2, 0.25) is 0 Å². The Morgan fingerprint density at radius 2 is 1.88 bits per heavy atom. The van der Waals surface area contributed by atoms with Crippen LogP contribution in [0, 0.1) is 5.82 Å². The molecule has 3 rings (SSSR count). The zero-order chi connectivity index (χ0) is 18.9. The van der Waals surface area contributed by atoms with Gasteiger partial charge < -0.3 is 9.64 Å². The second-order valence-electron chi connectivity index (χ2n) is 6.03. The Hall–Kier alpha value is -2.41. The lowest BCUT2D eigenvalue weighted by atomic mass is 10.1. The second-order valence-corrected chi connectivity index (χ2v) is 8.13. The fraction of sp³-hybridized carbons (Fsp3) is 0.316. The molecule has 1 aliphatic rings. The van der Waals surface area contributed by atoms with Crippen molar-refractivity contribution < 1.29 is 22.3 Å². The van der Waals surface area contributed by atoms with Crippen LogP contribution < -0.4 is 4.90 Å². The van der Waals surface area contributed by atoms with Crippen LogP contribution in [-0.4, -0.2) is 32.8 Å². The third-order valence-electron chi connectivity index (χ3n) is 4.45. The van der Waals surface area contributed by atoms with Crippen molar-refractivity contribution in [3.8, 4) is 0 Å². The van der Waals surface area contributed by atoms with Gasteiger partial charge in [0.25, 0.3) is 0 Å². The molecule has 0 aromatic heterocycles. The molecule has 2 aromatic rings. The molecule has 0 unspecified atom stereocenters. The number of sulfone groups is 1. The summed E-state index contributed by atoms with van der Waals surface area (Å²) in [4.78, 5) is 13.9. The monoisotopic (exact) mass is 377 g/mol. The molecule has 0 spiro atoms. The molecule has 138 valence electrons. The molecule has 7 heteroatoms. The minimum absolute atomic E-state index is 0.0669. The maximum absolute atomic E-state index is 13.8. The third kappa shape index (κ3) is 3.19. The van der Waals surface area contributed by atoms with Gasteiger partial charge in [-0.3, -0.25) is 4.79 Å². The molecule has 1 atom stereocenters. The number of ether oxygens (including phenoxy) is 1. The third-order valence-corrected chi connectivity index (χ3v) is 6.50. The molecule has 0 fully saturated rings. The van der Waals surface area contributed by atoms with E-state index < -0.39 is 26.9 Å². The van der Waals surface area contributed by atoms with Gasteiger partial charge in [0.15, 0.2) is 15.1 Å². The predicted octanol–water partition coefficient (Wildman–Crippen LogP) is 3.25. The minimum Gasteiger partial charge on any atom is -0.465 e. The number of anilines is 2. The van der Waals surface area contributed by atoms with E-state index in [2.05, 4.69) is 0 Å². The summed E-state index contributed by atoms with van der Waals surface area (Å²) < 4.78 is 44.5. The molecular weight excluding hydrogens is 357 g/mol. The Bertz CT molecular complexity index is 925. The molecule has 0 radical (unpaired) electrons. The molecule has 26 heavy (non-hydrogen) atoms. The van der Waals surface area contributed by atoms with Gasteiger partial charge in [0.1, 0.15) is 5.82 Å². The van der Waals surface area contributed by atoms with E-state index in [0.717, 1.165) is 18.1 Å². The first-order valence-electron chi connectivity index (χ1n) is 8.45. The van der Waals surface area contributed by atoms with Gasteiger partial charge in [0.05, 0.1) is 23.7 Å². The molecular formula is C19H20FNO4S. The van der Waals surface area contributed by atoms with Crippen molar-refractivity contribution in [1.29, 1.82) is 0 Å². The van der Waals surface area contributed by atoms with Crippen molar-refractivity contribution in [2.45, 2.75) is 30.4 Å². The first-order chi connectivity index (χ1) is 12.4.